The Morgan fingerprint density at radius 1 is 1.32 bits per heavy atom. The van der Waals surface area contributed by atoms with Crippen LogP contribution < -0.4 is 14.8 Å². The zero-order chi connectivity index (χ0) is 13.7. The van der Waals surface area contributed by atoms with Gasteiger partial charge in [0.15, 0.2) is 0 Å². The van der Waals surface area contributed by atoms with Crippen LogP contribution in [0.5, 0.6) is 11.5 Å². The van der Waals surface area contributed by atoms with Crippen molar-refractivity contribution in [3.05, 3.63) is 23.8 Å². The summed E-state index contributed by atoms with van der Waals surface area (Å²) in [7, 11) is 3.63. The maximum atomic E-state index is 6.15. The maximum Gasteiger partial charge on any atom is 0.128 e. The molecule has 1 aliphatic heterocycles. The summed E-state index contributed by atoms with van der Waals surface area (Å²) >= 11 is 0. The highest BCUT2D eigenvalue weighted by atomic mass is 16.5. The highest BCUT2D eigenvalue weighted by Crippen LogP contribution is 2.31. The van der Waals surface area contributed by atoms with E-state index in [0.717, 1.165) is 43.1 Å². The highest BCUT2D eigenvalue weighted by Gasteiger charge is 2.19. The van der Waals surface area contributed by atoms with Crippen LogP contribution in [0.4, 0.5) is 0 Å². The second-order valence-corrected chi connectivity index (χ2v) is 4.84. The quantitative estimate of drug-likeness (QED) is 0.888. The third-order valence-corrected chi connectivity index (χ3v) is 3.58. The third kappa shape index (κ3) is 3.61. The number of nitrogens with one attached hydrogen (secondary N) is 1. The molecule has 4 heteroatoms. The van der Waals surface area contributed by atoms with E-state index in [-0.39, 0.29) is 12.1 Å². The molecule has 1 atom stereocenters. The summed E-state index contributed by atoms with van der Waals surface area (Å²) < 4.78 is 16.8. The molecule has 1 aromatic rings. The molecule has 1 N–H and O–H groups in total. The second kappa shape index (κ2) is 6.78. The Morgan fingerprint density at radius 2 is 2.05 bits per heavy atom. The fourth-order valence-electron chi connectivity index (χ4n) is 2.23. The Morgan fingerprint density at radius 3 is 2.68 bits per heavy atom. The molecule has 106 valence electrons. The van der Waals surface area contributed by atoms with Crippen molar-refractivity contribution < 1.29 is 14.2 Å². The van der Waals surface area contributed by atoms with Gasteiger partial charge in [0.2, 0.25) is 0 Å². The van der Waals surface area contributed by atoms with Crippen molar-refractivity contribution in [3.8, 4) is 11.5 Å². The summed E-state index contributed by atoms with van der Waals surface area (Å²) in [5.41, 5.74) is 1.16. The Labute approximate surface area is 115 Å². The van der Waals surface area contributed by atoms with Crippen LogP contribution in [0.3, 0.4) is 0 Å². The van der Waals surface area contributed by atoms with Crippen molar-refractivity contribution in [1.29, 1.82) is 0 Å². The number of ether oxygens (including phenoxy) is 3. The lowest BCUT2D eigenvalue weighted by Gasteiger charge is -2.26. The minimum atomic E-state index is 0.240. The first-order chi connectivity index (χ1) is 9.24. The molecule has 0 spiro atoms. The van der Waals surface area contributed by atoms with Crippen LogP contribution in [0.2, 0.25) is 0 Å². The molecule has 0 aromatic heterocycles. The zero-order valence-electron chi connectivity index (χ0n) is 11.9. The van der Waals surface area contributed by atoms with Crippen molar-refractivity contribution >= 4 is 0 Å². The smallest absolute Gasteiger partial charge is 0.128 e. The van der Waals surface area contributed by atoms with E-state index in [2.05, 4.69) is 18.3 Å². The van der Waals surface area contributed by atoms with E-state index in [1.165, 1.54) is 0 Å². The van der Waals surface area contributed by atoms with Crippen LogP contribution in [0, 0.1) is 0 Å². The predicted octanol–water partition coefficient (Wildman–Crippen LogP) is 2.53. The van der Waals surface area contributed by atoms with E-state index in [0.29, 0.717) is 0 Å². The van der Waals surface area contributed by atoms with Crippen molar-refractivity contribution in [2.45, 2.75) is 31.9 Å². The van der Waals surface area contributed by atoms with Crippen LogP contribution >= 0.6 is 0 Å². The largest absolute Gasteiger partial charge is 0.497 e. The van der Waals surface area contributed by atoms with E-state index in [1.54, 1.807) is 7.11 Å². The molecule has 0 radical (unpaired) electrons. The van der Waals surface area contributed by atoms with Gasteiger partial charge in [-0.25, -0.2) is 0 Å². The van der Waals surface area contributed by atoms with Crippen LogP contribution in [0.25, 0.3) is 0 Å². The predicted molar refractivity (Wildman–Crippen MR) is 74.9 cm³/mol. The first-order valence-corrected chi connectivity index (χ1v) is 6.84. The van der Waals surface area contributed by atoms with Crippen molar-refractivity contribution in [1.82, 2.24) is 5.32 Å². The SMILES string of the molecule is CNC(C)c1ccc(OC)cc1OC1CCOCC1. The van der Waals surface area contributed by atoms with E-state index < -0.39 is 0 Å². The summed E-state index contributed by atoms with van der Waals surface area (Å²) in [6, 6.07) is 6.26. The third-order valence-electron chi connectivity index (χ3n) is 3.58. The van der Waals surface area contributed by atoms with E-state index in [9.17, 15) is 0 Å². The topological polar surface area (TPSA) is 39.7 Å². The maximum absolute atomic E-state index is 6.15. The number of hydrogen-bond donors (Lipinski definition) is 1. The van der Waals surface area contributed by atoms with Gasteiger partial charge in [-0.2, -0.15) is 0 Å². The van der Waals surface area contributed by atoms with Crippen molar-refractivity contribution in [2.24, 2.45) is 0 Å². The molecule has 0 bridgehead atoms. The van der Waals surface area contributed by atoms with Gasteiger partial charge < -0.3 is 19.5 Å². The number of hydrogen-bond acceptors (Lipinski definition) is 4. The van der Waals surface area contributed by atoms with Crippen LogP contribution in [-0.2, 0) is 4.74 Å². The van der Waals surface area contributed by atoms with Gasteiger partial charge in [-0.05, 0) is 20.0 Å². The first-order valence-electron chi connectivity index (χ1n) is 6.84. The van der Waals surface area contributed by atoms with Gasteiger partial charge in [0.25, 0.3) is 0 Å². The molecule has 19 heavy (non-hydrogen) atoms. The molecule has 0 saturated carbocycles. The van der Waals surface area contributed by atoms with Gasteiger partial charge in [-0.3, -0.25) is 0 Å². The minimum absolute atomic E-state index is 0.240. The summed E-state index contributed by atoms with van der Waals surface area (Å²) in [4.78, 5) is 0. The van der Waals surface area contributed by atoms with E-state index in [4.69, 9.17) is 14.2 Å². The molecule has 1 aromatic carbocycles. The number of methoxy groups -OCH3 is 1. The summed E-state index contributed by atoms with van der Waals surface area (Å²) in [6.07, 6.45) is 2.14. The Bertz CT molecular complexity index is 402. The molecule has 0 amide bonds. The molecule has 1 fully saturated rings. The molecule has 4 nitrogen and oxygen atoms in total. The van der Waals surface area contributed by atoms with Crippen molar-refractivity contribution in [2.75, 3.05) is 27.4 Å². The monoisotopic (exact) mass is 265 g/mol. The molecule has 1 saturated heterocycles. The summed E-state index contributed by atoms with van der Waals surface area (Å²) in [5.74, 6) is 1.74. The standard InChI is InChI=1S/C15H23NO3/c1-11(16-2)14-5-4-13(17-3)10-15(14)19-12-6-8-18-9-7-12/h4-5,10-12,16H,6-9H2,1-3H3. The van der Waals surface area contributed by atoms with Gasteiger partial charge >= 0.3 is 0 Å². The van der Waals surface area contributed by atoms with Gasteiger partial charge in [0.05, 0.1) is 20.3 Å². The van der Waals surface area contributed by atoms with Gasteiger partial charge in [0.1, 0.15) is 17.6 Å². The van der Waals surface area contributed by atoms with Crippen LogP contribution in [-0.4, -0.2) is 33.5 Å². The van der Waals surface area contributed by atoms with Gasteiger partial charge in [-0.1, -0.05) is 6.07 Å². The lowest BCUT2D eigenvalue weighted by Crippen LogP contribution is -2.26. The average molecular weight is 265 g/mol. The molecular weight excluding hydrogens is 242 g/mol. The summed E-state index contributed by atoms with van der Waals surface area (Å²) in [6.45, 7) is 3.69. The molecule has 1 heterocycles. The molecular formula is C15H23NO3. The van der Waals surface area contributed by atoms with Gasteiger partial charge in [-0.15, -0.1) is 0 Å². The average Bonchev–Trinajstić information content (AvgIpc) is 2.47. The first kappa shape index (κ1) is 14.2. The molecule has 1 aliphatic rings. The van der Waals surface area contributed by atoms with E-state index >= 15 is 0 Å². The normalized spacial score (nSPS) is 18.1. The zero-order valence-corrected chi connectivity index (χ0v) is 11.9. The minimum Gasteiger partial charge on any atom is -0.497 e. The Hall–Kier alpha value is -1.26. The molecule has 0 aliphatic carbocycles. The number of rotatable bonds is 5. The number of benzene rings is 1. The lowest BCUT2D eigenvalue weighted by molar-refractivity contribution is 0.0249. The fourth-order valence-corrected chi connectivity index (χ4v) is 2.23. The van der Waals surface area contributed by atoms with Crippen LogP contribution in [0.15, 0.2) is 18.2 Å². The summed E-state index contributed by atoms with van der Waals surface area (Å²) in [5, 5.41) is 3.25. The molecule has 2 rings (SSSR count). The highest BCUT2D eigenvalue weighted by molar-refractivity contribution is 5.42. The van der Waals surface area contributed by atoms with E-state index in [1.807, 2.05) is 19.2 Å². The van der Waals surface area contributed by atoms with Crippen LogP contribution in [0.1, 0.15) is 31.4 Å². The van der Waals surface area contributed by atoms with Crippen molar-refractivity contribution in [3.63, 3.8) is 0 Å². The second-order valence-electron chi connectivity index (χ2n) is 4.84. The molecule has 1 unspecified atom stereocenters. The van der Waals surface area contributed by atoms with Gasteiger partial charge in [0, 0.05) is 30.5 Å². The fraction of sp³-hybridized carbons (Fsp3) is 0.600. The Balaban J connectivity index is 2.18. The Kier molecular flexibility index (Phi) is 5.05. The lowest BCUT2D eigenvalue weighted by atomic mass is 10.1.